The van der Waals surface area contributed by atoms with Crippen molar-refractivity contribution in [3.8, 4) is 51.6 Å². The SMILES string of the molecule is COc1cc(C=CC(=O)O[C@H]2[C@H](O[C@H]3[C@H](Oc4cc(O)c5c(=O)cc(-c6cc(OC)c(O)c(OC)c6)oc5c4)O[C@H](CO)[C@@H](O)[C@@H]3O)O[C@H](C(=O)O)[C@@H](O)[C@@H]2O)ccc1O. The standard InChI is InChI=1S/C39H40O21/c1-52-22-8-15(4-6-18(22)41)5-7-27(44)58-35-33(49)32(48)34(37(50)51)59-39(35)60-36-31(47)30(46)26(14-40)57-38(36)55-17-11-19(42)28-20(43)13-21(56-23(28)12-17)16-9-24(53-2)29(45)25(10-16)54-3/h4-13,26,30-36,38-42,45-49H,14H2,1-3H3,(H,50,51)/t26-,30-,31+,32+,33+,34+,35-,36-,38-,39+/m1/s1. The van der Waals surface area contributed by atoms with E-state index in [1.807, 2.05) is 0 Å². The van der Waals surface area contributed by atoms with Crippen LogP contribution in [0.3, 0.4) is 0 Å². The van der Waals surface area contributed by atoms with Gasteiger partial charge < -0.3 is 88.3 Å². The van der Waals surface area contributed by atoms with Crippen LogP contribution in [0.5, 0.6) is 40.2 Å². The molecule has 2 fully saturated rings. The number of phenolic OH excluding ortho intramolecular Hbond substituents is 3. The number of aliphatic hydroxyl groups excluding tert-OH is 5. The Bertz CT molecular complexity index is 2280. The molecule has 9 N–H and O–H groups in total. The van der Waals surface area contributed by atoms with E-state index >= 15 is 0 Å². The lowest BCUT2D eigenvalue weighted by atomic mass is 9.97. The molecule has 0 radical (unpaired) electrons. The number of hydrogen-bond acceptors (Lipinski definition) is 20. The van der Waals surface area contributed by atoms with Crippen LogP contribution in [0.1, 0.15) is 5.56 Å². The summed E-state index contributed by atoms with van der Waals surface area (Å²) in [4.78, 5) is 38.3. The largest absolute Gasteiger partial charge is 0.507 e. The molecule has 21 heteroatoms. The molecule has 322 valence electrons. The van der Waals surface area contributed by atoms with Crippen LogP contribution in [0.15, 0.2) is 63.8 Å². The number of aliphatic carboxylic acids is 1. The van der Waals surface area contributed by atoms with Gasteiger partial charge in [0.2, 0.25) is 12.0 Å². The molecule has 6 rings (SSSR count). The molecule has 21 nitrogen and oxygen atoms in total. The molecule has 2 aliphatic heterocycles. The van der Waals surface area contributed by atoms with Gasteiger partial charge in [-0.1, -0.05) is 6.07 Å². The summed E-state index contributed by atoms with van der Waals surface area (Å²) in [6, 6.07) is 9.98. The van der Waals surface area contributed by atoms with Crippen molar-refractivity contribution in [3.05, 3.63) is 70.4 Å². The van der Waals surface area contributed by atoms with Crippen molar-refractivity contribution in [1.82, 2.24) is 0 Å². The summed E-state index contributed by atoms with van der Waals surface area (Å²) in [6.45, 7) is -0.878. The highest BCUT2D eigenvalue weighted by molar-refractivity contribution is 5.88. The van der Waals surface area contributed by atoms with Crippen LogP contribution in [0.4, 0.5) is 0 Å². The zero-order valence-corrected chi connectivity index (χ0v) is 31.7. The number of aliphatic hydroxyl groups is 5. The molecule has 4 aromatic rings. The van der Waals surface area contributed by atoms with Crippen LogP contribution in [-0.2, 0) is 28.5 Å². The number of methoxy groups -OCH3 is 3. The van der Waals surface area contributed by atoms with Gasteiger partial charge in [0.05, 0.1) is 27.9 Å². The van der Waals surface area contributed by atoms with E-state index in [1.165, 1.54) is 57.7 Å². The lowest BCUT2D eigenvalue weighted by molar-refractivity contribution is -0.354. The smallest absolute Gasteiger partial charge is 0.335 e. The van der Waals surface area contributed by atoms with Crippen LogP contribution in [0, 0.1) is 0 Å². The van der Waals surface area contributed by atoms with Gasteiger partial charge in [-0.05, 0) is 35.9 Å². The first kappa shape index (κ1) is 43.4. The zero-order chi connectivity index (χ0) is 43.6. The minimum absolute atomic E-state index is 0.0195. The molecule has 1 aromatic heterocycles. The van der Waals surface area contributed by atoms with E-state index in [4.69, 9.17) is 42.3 Å². The van der Waals surface area contributed by atoms with Crippen molar-refractivity contribution < 1.29 is 97.9 Å². The fourth-order valence-corrected chi connectivity index (χ4v) is 6.49. The number of rotatable bonds is 13. The van der Waals surface area contributed by atoms with E-state index in [-0.39, 0.29) is 56.8 Å². The molecule has 0 bridgehead atoms. The van der Waals surface area contributed by atoms with Crippen LogP contribution in [0.25, 0.3) is 28.4 Å². The molecule has 60 heavy (non-hydrogen) atoms. The quantitative estimate of drug-likeness (QED) is 0.0630. The van der Waals surface area contributed by atoms with Gasteiger partial charge in [-0.15, -0.1) is 0 Å². The molecule has 3 aromatic carbocycles. The minimum Gasteiger partial charge on any atom is -0.507 e. The predicted molar refractivity (Wildman–Crippen MR) is 199 cm³/mol. The number of ether oxygens (including phenoxy) is 8. The fourth-order valence-electron chi connectivity index (χ4n) is 6.49. The first-order valence-corrected chi connectivity index (χ1v) is 17.8. The third-order valence-corrected chi connectivity index (χ3v) is 9.57. The maximum absolute atomic E-state index is 13.2. The zero-order valence-electron chi connectivity index (χ0n) is 31.7. The summed E-state index contributed by atoms with van der Waals surface area (Å²) in [5.74, 6) is -4.45. The molecule has 10 atom stereocenters. The van der Waals surface area contributed by atoms with Gasteiger partial charge in [0, 0.05) is 29.8 Å². The van der Waals surface area contributed by atoms with Crippen molar-refractivity contribution in [2.24, 2.45) is 0 Å². The monoisotopic (exact) mass is 844 g/mol. The Balaban J connectivity index is 1.33. The van der Waals surface area contributed by atoms with Gasteiger partial charge >= 0.3 is 11.9 Å². The van der Waals surface area contributed by atoms with Crippen LogP contribution in [0.2, 0.25) is 0 Å². The summed E-state index contributed by atoms with van der Waals surface area (Å²) in [7, 11) is 3.89. The first-order chi connectivity index (χ1) is 28.6. The first-order valence-electron chi connectivity index (χ1n) is 17.8. The Labute approximate surface area is 337 Å². The molecule has 3 heterocycles. The lowest BCUT2D eigenvalue weighted by Gasteiger charge is -2.46. The summed E-state index contributed by atoms with van der Waals surface area (Å²) in [6.07, 6.45) is -17.9. The van der Waals surface area contributed by atoms with Crippen molar-refractivity contribution in [2.45, 2.75) is 61.4 Å². The molecule has 0 unspecified atom stereocenters. The highest BCUT2D eigenvalue weighted by Crippen LogP contribution is 2.41. The number of carboxylic acid groups (broad SMARTS) is 1. The highest BCUT2D eigenvalue weighted by atomic mass is 16.8. The van der Waals surface area contributed by atoms with Gasteiger partial charge in [-0.25, -0.2) is 9.59 Å². The maximum Gasteiger partial charge on any atom is 0.335 e. The second-order valence-electron chi connectivity index (χ2n) is 13.4. The Hall–Kier alpha value is -6.17. The molecule has 2 aliphatic rings. The average molecular weight is 845 g/mol. The number of phenols is 3. The number of carbonyl (C=O) groups excluding carboxylic acids is 1. The summed E-state index contributed by atoms with van der Waals surface area (Å²) in [5.41, 5.74) is -0.401. The van der Waals surface area contributed by atoms with E-state index in [1.54, 1.807) is 0 Å². The van der Waals surface area contributed by atoms with E-state index in [9.17, 15) is 60.3 Å². The van der Waals surface area contributed by atoms with Gasteiger partial charge in [0.15, 0.2) is 53.0 Å². The van der Waals surface area contributed by atoms with Gasteiger partial charge in [-0.2, -0.15) is 0 Å². The molecule has 0 saturated carbocycles. The molecule has 0 amide bonds. The van der Waals surface area contributed by atoms with Crippen molar-refractivity contribution in [3.63, 3.8) is 0 Å². The second kappa shape index (κ2) is 18.0. The third kappa shape index (κ3) is 8.73. The number of carbonyl (C=O) groups is 2. The van der Waals surface area contributed by atoms with Crippen molar-refractivity contribution >= 4 is 29.0 Å². The molecular weight excluding hydrogens is 804 g/mol. The number of carboxylic acids is 1. The number of hydrogen-bond donors (Lipinski definition) is 9. The van der Waals surface area contributed by atoms with Crippen molar-refractivity contribution in [1.29, 1.82) is 0 Å². The Morgan fingerprint density at radius 1 is 0.767 bits per heavy atom. The van der Waals surface area contributed by atoms with Crippen LogP contribution >= 0.6 is 0 Å². The Morgan fingerprint density at radius 2 is 1.43 bits per heavy atom. The van der Waals surface area contributed by atoms with Gasteiger partial charge in [0.25, 0.3) is 0 Å². The number of fused-ring (bicyclic) bond motifs is 1. The summed E-state index contributed by atoms with van der Waals surface area (Å²) < 4.78 is 49.6. The van der Waals surface area contributed by atoms with E-state index in [0.717, 1.165) is 24.3 Å². The number of aromatic hydroxyl groups is 3. The predicted octanol–water partition coefficient (Wildman–Crippen LogP) is -0.0379. The van der Waals surface area contributed by atoms with E-state index < -0.39 is 91.1 Å². The highest BCUT2D eigenvalue weighted by Gasteiger charge is 2.54. The third-order valence-electron chi connectivity index (χ3n) is 9.57. The molecule has 0 aliphatic carbocycles. The van der Waals surface area contributed by atoms with Gasteiger partial charge in [-0.3, -0.25) is 4.79 Å². The second-order valence-corrected chi connectivity index (χ2v) is 13.4. The lowest BCUT2D eigenvalue weighted by Crippen LogP contribution is -2.66. The Morgan fingerprint density at radius 3 is 2.07 bits per heavy atom. The Kier molecular flexibility index (Phi) is 13.0. The normalized spacial score (nSPS) is 26.7. The molecule has 0 spiro atoms. The maximum atomic E-state index is 13.2. The topological polar surface area (TPSA) is 320 Å². The number of esters is 1. The van der Waals surface area contributed by atoms with Crippen molar-refractivity contribution in [2.75, 3.05) is 27.9 Å². The molecule has 2 saturated heterocycles. The van der Waals surface area contributed by atoms with Gasteiger partial charge in [0.1, 0.15) is 58.7 Å². The minimum atomic E-state index is -2.19. The summed E-state index contributed by atoms with van der Waals surface area (Å²) in [5, 5.41) is 94.2. The average Bonchev–Trinajstić information content (AvgIpc) is 3.22. The summed E-state index contributed by atoms with van der Waals surface area (Å²) >= 11 is 0. The molecular formula is C39H40O21. The van der Waals surface area contributed by atoms with E-state index in [0.29, 0.717) is 5.56 Å². The fraction of sp³-hybridized carbons (Fsp3) is 0.359. The number of benzene rings is 3. The van der Waals surface area contributed by atoms with E-state index in [2.05, 4.69) is 0 Å². The van der Waals surface area contributed by atoms with Crippen LogP contribution < -0.4 is 24.4 Å². The van der Waals surface area contributed by atoms with Crippen LogP contribution in [-0.4, -0.2) is 147 Å².